The molecule has 1 amide bonds. The highest BCUT2D eigenvalue weighted by Gasteiger charge is 2.15. The molecule has 0 aromatic carbocycles. The van der Waals surface area contributed by atoms with Gasteiger partial charge >= 0.3 is 12.1 Å². The highest BCUT2D eigenvalue weighted by Crippen LogP contribution is 2.05. The van der Waals surface area contributed by atoms with Crippen molar-refractivity contribution in [2.75, 3.05) is 66.5 Å². The standard InChI is InChI=1S/C17H33NO8/c1-17(2,3)26-16(20)18-6-8-23-10-12-25-14-13-24-11-9-22-7-5-15(19)21-4/h5-14H2,1-4H3,(H,18,20). The second kappa shape index (κ2) is 15.8. The molecule has 9 heteroatoms. The summed E-state index contributed by atoms with van der Waals surface area (Å²) in [5.74, 6) is -0.290. The van der Waals surface area contributed by atoms with Gasteiger partial charge < -0.3 is 33.7 Å². The summed E-state index contributed by atoms with van der Waals surface area (Å²) in [5, 5.41) is 2.60. The average molecular weight is 379 g/mol. The van der Waals surface area contributed by atoms with Crippen LogP contribution in [0.1, 0.15) is 27.2 Å². The zero-order valence-corrected chi connectivity index (χ0v) is 16.3. The van der Waals surface area contributed by atoms with Crippen LogP contribution >= 0.6 is 0 Å². The molecule has 0 aliphatic carbocycles. The lowest BCUT2D eigenvalue weighted by Gasteiger charge is -2.19. The Bertz CT molecular complexity index is 370. The molecule has 0 rings (SSSR count). The average Bonchev–Trinajstić information content (AvgIpc) is 2.56. The largest absolute Gasteiger partial charge is 0.469 e. The molecule has 0 aromatic rings. The van der Waals surface area contributed by atoms with Crippen LogP contribution < -0.4 is 5.32 Å². The topological polar surface area (TPSA) is 102 Å². The van der Waals surface area contributed by atoms with Gasteiger partial charge in [0.1, 0.15) is 5.60 Å². The third-order valence-corrected chi connectivity index (χ3v) is 2.71. The molecule has 1 N–H and O–H groups in total. The van der Waals surface area contributed by atoms with E-state index in [0.29, 0.717) is 59.4 Å². The van der Waals surface area contributed by atoms with E-state index in [1.807, 2.05) is 20.8 Å². The first-order valence-corrected chi connectivity index (χ1v) is 8.70. The predicted molar refractivity (Wildman–Crippen MR) is 94.1 cm³/mol. The molecule has 0 heterocycles. The monoisotopic (exact) mass is 379 g/mol. The Labute approximate surface area is 155 Å². The number of methoxy groups -OCH3 is 1. The maximum atomic E-state index is 11.4. The molecular formula is C17H33NO8. The lowest BCUT2D eigenvalue weighted by molar-refractivity contribution is -0.141. The van der Waals surface area contributed by atoms with Gasteiger partial charge in [-0.25, -0.2) is 4.79 Å². The normalized spacial score (nSPS) is 11.2. The van der Waals surface area contributed by atoms with Gasteiger partial charge in [-0.3, -0.25) is 4.79 Å². The first-order chi connectivity index (χ1) is 12.3. The lowest BCUT2D eigenvalue weighted by Crippen LogP contribution is -2.34. The second-order valence-electron chi connectivity index (χ2n) is 6.20. The molecule has 0 spiro atoms. The first-order valence-electron chi connectivity index (χ1n) is 8.70. The number of hydrogen-bond donors (Lipinski definition) is 1. The molecule has 0 saturated heterocycles. The minimum absolute atomic E-state index is 0.243. The molecule has 9 nitrogen and oxygen atoms in total. The van der Waals surface area contributed by atoms with Crippen LogP contribution in [-0.4, -0.2) is 84.2 Å². The Morgan fingerprint density at radius 3 is 1.69 bits per heavy atom. The van der Waals surface area contributed by atoms with Crippen LogP contribution in [-0.2, 0) is 33.2 Å². The summed E-state index contributed by atoms with van der Waals surface area (Å²) in [6.45, 7) is 9.19. The Balaban J connectivity index is 3.18. The highest BCUT2D eigenvalue weighted by atomic mass is 16.6. The van der Waals surface area contributed by atoms with Crippen LogP contribution in [0.15, 0.2) is 0 Å². The molecule has 26 heavy (non-hydrogen) atoms. The van der Waals surface area contributed by atoms with Gasteiger partial charge in [0.15, 0.2) is 0 Å². The van der Waals surface area contributed by atoms with Crippen molar-refractivity contribution in [3.63, 3.8) is 0 Å². The van der Waals surface area contributed by atoms with E-state index < -0.39 is 11.7 Å². The van der Waals surface area contributed by atoms with Crippen LogP contribution in [0, 0.1) is 0 Å². The third-order valence-electron chi connectivity index (χ3n) is 2.71. The van der Waals surface area contributed by atoms with Gasteiger partial charge in [0.25, 0.3) is 0 Å². The summed E-state index contributed by atoms with van der Waals surface area (Å²) in [4.78, 5) is 22.2. The number of carbonyl (C=O) groups excluding carboxylic acids is 2. The highest BCUT2D eigenvalue weighted by molar-refractivity contribution is 5.69. The SMILES string of the molecule is COC(=O)CCOCCOCCOCCOCCNC(=O)OC(C)(C)C. The fourth-order valence-electron chi connectivity index (χ4n) is 1.56. The van der Waals surface area contributed by atoms with E-state index in [4.69, 9.17) is 23.7 Å². The molecule has 0 aromatic heterocycles. The number of carbonyl (C=O) groups is 2. The third kappa shape index (κ3) is 18.9. The summed E-state index contributed by atoms with van der Waals surface area (Å²) >= 11 is 0. The molecule has 0 fully saturated rings. The van der Waals surface area contributed by atoms with Crippen LogP contribution in [0.3, 0.4) is 0 Å². The van der Waals surface area contributed by atoms with Crippen molar-refractivity contribution in [3.8, 4) is 0 Å². The molecule has 0 bridgehead atoms. The number of amides is 1. The Kier molecular flexibility index (Phi) is 14.9. The van der Waals surface area contributed by atoms with Crippen LogP contribution in [0.4, 0.5) is 4.79 Å². The van der Waals surface area contributed by atoms with Gasteiger partial charge in [-0.15, -0.1) is 0 Å². The van der Waals surface area contributed by atoms with Crippen LogP contribution in [0.25, 0.3) is 0 Å². The molecule has 0 aliphatic rings. The first kappa shape index (κ1) is 24.6. The summed E-state index contributed by atoms with van der Waals surface area (Å²) < 4.78 is 30.8. The number of ether oxygens (including phenoxy) is 6. The van der Waals surface area contributed by atoms with Gasteiger partial charge in [-0.1, -0.05) is 0 Å². The zero-order valence-electron chi connectivity index (χ0n) is 16.3. The van der Waals surface area contributed by atoms with E-state index in [0.717, 1.165) is 0 Å². The summed E-state index contributed by atoms with van der Waals surface area (Å²) in [6, 6.07) is 0. The van der Waals surface area contributed by atoms with Crippen molar-refractivity contribution in [1.29, 1.82) is 0 Å². The molecular weight excluding hydrogens is 346 g/mol. The number of hydrogen-bond acceptors (Lipinski definition) is 8. The van der Waals surface area contributed by atoms with Crippen molar-refractivity contribution in [3.05, 3.63) is 0 Å². The Morgan fingerprint density at radius 1 is 0.769 bits per heavy atom. The molecule has 0 unspecified atom stereocenters. The van der Waals surface area contributed by atoms with Gasteiger partial charge in [-0.2, -0.15) is 0 Å². The van der Waals surface area contributed by atoms with E-state index in [1.54, 1.807) is 0 Å². The quantitative estimate of drug-likeness (QED) is 0.334. The lowest BCUT2D eigenvalue weighted by atomic mass is 10.2. The molecule has 0 aliphatic heterocycles. The molecule has 154 valence electrons. The van der Waals surface area contributed by atoms with Gasteiger partial charge in [-0.05, 0) is 20.8 Å². The minimum atomic E-state index is -0.504. The summed E-state index contributed by atoms with van der Waals surface area (Å²) in [6.07, 6.45) is -0.212. The van der Waals surface area contributed by atoms with Gasteiger partial charge in [0.05, 0.1) is 66.4 Å². The van der Waals surface area contributed by atoms with E-state index in [9.17, 15) is 9.59 Å². The van der Waals surface area contributed by atoms with E-state index >= 15 is 0 Å². The van der Waals surface area contributed by atoms with E-state index in [2.05, 4.69) is 10.1 Å². The summed E-state index contributed by atoms with van der Waals surface area (Å²) in [7, 11) is 1.34. The number of rotatable bonds is 15. The zero-order chi connectivity index (χ0) is 19.7. The molecule has 0 atom stereocenters. The molecule has 0 saturated carbocycles. The van der Waals surface area contributed by atoms with E-state index in [-0.39, 0.29) is 12.4 Å². The minimum Gasteiger partial charge on any atom is -0.469 e. The fourth-order valence-corrected chi connectivity index (χ4v) is 1.56. The number of nitrogens with one attached hydrogen (secondary N) is 1. The smallest absolute Gasteiger partial charge is 0.407 e. The molecule has 0 radical (unpaired) electrons. The van der Waals surface area contributed by atoms with Crippen LogP contribution in [0.2, 0.25) is 0 Å². The maximum Gasteiger partial charge on any atom is 0.407 e. The van der Waals surface area contributed by atoms with Crippen molar-refractivity contribution >= 4 is 12.1 Å². The van der Waals surface area contributed by atoms with E-state index in [1.165, 1.54) is 7.11 Å². The Morgan fingerprint density at radius 2 is 1.23 bits per heavy atom. The predicted octanol–water partition coefficient (Wildman–Crippen LogP) is 1.14. The fraction of sp³-hybridized carbons (Fsp3) is 0.882. The number of esters is 1. The van der Waals surface area contributed by atoms with Crippen molar-refractivity contribution in [2.24, 2.45) is 0 Å². The van der Waals surface area contributed by atoms with Gasteiger partial charge in [0.2, 0.25) is 0 Å². The van der Waals surface area contributed by atoms with Crippen molar-refractivity contribution in [1.82, 2.24) is 5.32 Å². The Hall–Kier alpha value is -1.42. The van der Waals surface area contributed by atoms with Crippen molar-refractivity contribution < 1.29 is 38.0 Å². The summed E-state index contributed by atoms with van der Waals surface area (Å²) in [5.41, 5.74) is -0.504. The van der Waals surface area contributed by atoms with Crippen LogP contribution in [0.5, 0.6) is 0 Å². The number of alkyl carbamates (subject to hydrolysis) is 1. The van der Waals surface area contributed by atoms with Crippen molar-refractivity contribution in [2.45, 2.75) is 32.8 Å². The van der Waals surface area contributed by atoms with Gasteiger partial charge in [0, 0.05) is 6.54 Å². The maximum absolute atomic E-state index is 11.4. The second-order valence-corrected chi connectivity index (χ2v) is 6.20.